The Kier molecular flexibility index (Phi) is 12.3. The first kappa shape index (κ1) is 31.3. The van der Waals surface area contributed by atoms with Crippen molar-refractivity contribution < 1.29 is 10.2 Å². The van der Waals surface area contributed by atoms with E-state index in [0.29, 0.717) is 25.0 Å². The Labute approximate surface area is 245 Å². The van der Waals surface area contributed by atoms with Crippen LogP contribution in [0, 0.1) is 0 Å². The zero-order chi connectivity index (χ0) is 29.0. The minimum absolute atomic E-state index is 0.125. The number of anilines is 4. The standard InChI is InChI=1S/C29H50N10O2/c1-35-12-13-36(2)23-26(38(19-21-41)17-16-37(15-14-35)18-20-40)22-24-6-8-25(9-7-24)31-28-32-27(30)33-29(34-28)39-10-4-3-5-11-39/h6-9,26,40-41H,3-5,10-23H2,1-2H3,(H3,30,31,32,33,34). The molecule has 2 aliphatic heterocycles. The second kappa shape index (κ2) is 16.1. The van der Waals surface area contributed by atoms with Crippen LogP contribution >= 0.6 is 0 Å². The molecule has 5 N–H and O–H groups in total. The summed E-state index contributed by atoms with van der Waals surface area (Å²) in [4.78, 5) is 25.0. The number of nitrogens with zero attached hydrogens (tertiary/aromatic N) is 8. The van der Waals surface area contributed by atoms with Crippen LogP contribution in [-0.4, -0.2) is 150 Å². The number of nitrogen functional groups attached to an aromatic ring is 1. The third-order valence-corrected chi connectivity index (χ3v) is 8.17. The number of aliphatic hydroxyl groups is 2. The molecular weight excluding hydrogens is 520 g/mol. The maximum absolute atomic E-state index is 9.91. The molecule has 0 radical (unpaired) electrons. The van der Waals surface area contributed by atoms with Crippen molar-refractivity contribution in [2.45, 2.75) is 31.7 Å². The molecule has 228 valence electrons. The van der Waals surface area contributed by atoms with Crippen LogP contribution in [0.15, 0.2) is 24.3 Å². The van der Waals surface area contributed by atoms with Gasteiger partial charge in [-0.15, -0.1) is 0 Å². The van der Waals surface area contributed by atoms with E-state index in [0.717, 1.165) is 83.9 Å². The van der Waals surface area contributed by atoms with Crippen LogP contribution in [0.1, 0.15) is 24.8 Å². The highest BCUT2D eigenvalue weighted by molar-refractivity contribution is 5.56. The quantitative estimate of drug-likeness (QED) is 0.336. The normalized spacial score (nSPS) is 21.4. The molecule has 2 aromatic rings. The molecule has 1 aromatic carbocycles. The second-order valence-electron chi connectivity index (χ2n) is 11.4. The highest BCUT2D eigenvalue weighted by Crippen LogP contribution is 2.21. The Morgan fingerprint density at radius 1 is 0.805 bits per heavy atom. The third kappa shape index (κ3) is 10.0. The molecule has 2 saturated heterocycles. The molecule has 0 spiro atoms. The molecular formula is C29H50N10O2. The van der Waals surface area contributed by atoms with Gasteiger partial charge in [0.1, 0.15) is 0 Å². The lowest BCUT2D eigenvalue weighted by Crippen LogP contribution is -2.50. The summed E-state index contributed by atoms with van der Waals surface area (Å²) < 4.78 is 0. The number of nitrogens with one attached hydrogen (secondary N) is 1. The second-order valence-corrected chi connectivity index (χ2v) is 11.4. The van der Waals surface area contributed by atoms with Gasteiger partial charge in [0.25, 0.3) is 0 Å². The fourth-order valence-corrected chi connectivity index (χ4v) is 5.67. The number of β-amino-alcohol motifs (C(OH)–C–C–N with tert-alkyl or cyclic N) is 2. The highest BCUT2D eigenvalue weighted by Gasteiger charge is 2.23. The van der Waals surface area contributed by atoms with Gasteiger partial charge >= 0.3 is 0 Å². The first-order chi connectivity index (χ1) is 19.9. The van der Waals surface area contributed by atoms with Crippen molar-refractivity contribution in [2.75, 3.05) is 115 Å². The molecule has 1 unspecified atom stereocenters. The van der Waals surface area contributed by atoms with Gasteiger partial charge in [-0.1, -0.05) is 12.1 Å². The molecule has 0 amide bonds. The summed E-state index contributed by atoms with van der Waals surface area (Å²) in [6.45, 7) is 9.99. The zero-order valence-electron chi connectivity index (χ0n) is 25.0. The SMILES string of the molecule is CN1CCN(C)CC(Cc2ccc(Nc3nc(N)nc(N4CCCCC4)n3)cc2)N(CCO)CCN(CCO)CC1. The summed E-state index contributed by atoms with van der Waals surface area (Å²) in [6.07, 6.45) is 4.39. The van der Waals surface area contributed by atoms with Crippen molar-refractivity contribution in [3.63, 3.8) is 0 Å². The van der Waals surface area contributed by atoms with Gasteiger partial charge in [0.2, 0.25) is 17.8 Å². The number of likely N-dealkylation sites (N-methyl/N-ethyl adjacent to an activating group) is 2. The molecule has 3 heterocycles. The van der Waals surface area contributed by atoms with E-state index in [-0.39, 0.29) is 25.2 Å². The molecule has 2 fully saturated rings. The van der Waals surface area contributed by atoms with E-state index in [4.69, 9.17) is 5.73 Å². The molecule has 2 aliphatic rings. The maximum Gasteiger partial charge on any atom is 0.233 e. The topological polar surface area (TPSA) is 133 Å². The van der Waals surface area contributed by atoms with E-state index in [1.54, 1.807) is 0 Å². The van der Waals surface area contributed by atoms with Gasteiger partial charge in [0, 0.05) is 83.7 Å². The number of piperidine rings is 1. The Morgan fingerprint density at radius 2 is 1.49 bits per heavy atom. The number of nitrogens with two attached hydrogens (primary N) is 1. The van der Waals surface area contributed by atoms with Crippen LogP contribution < -0.4 is 16.0 Å². The highest BCUT2D eigenvalue weighted by atomic mass is 16.3. The van der Waals surface area contributed by atoms with Gasteiger partial charge in [-0.3, -0.25) is 9.80 Å². The van der Waals surface area contributed by atoms with Crippen LogP contribution in [0.4, 0.5) is 23.5 Å². The summed E-state index contributed by atoms with van der Waals surface area (Å²) in [7, 11) is 4.36. The number of hydrogen-bond donors (Lipinski definition) is 4. The van der Waals surface area contributed by atoms with Crippen molar-refractivity contribution in [2.24, 2.45) is 0 Å². The van der Waals surface area contributed by atoms with Gasteiger partial charge in [0.15, 0.2) is 0 Å². The van der Waals surface area contributed by atoms with Gasteiger partial charge in [-0.25, -0.2) is 0 Å². The van der Waals surface area contributed by atoms with E-state index in [9.17, 15) is 10.2 Å². The minimum atomic E-state index is 0.125. The van der Waals surface area contributed by atoms with Crippen molar-refractivity contribution in [1.29, 1.82) is 0 Å². The number of aromatic nitrogens is 3. The van der Waals surface area contributed by atoms with E-state index < -0.39 is 0 Å². The molecule has 0 bridgehead atoms. The molecule has 41 heavy (non-hydrogen) atoms. The number of hydrogen-bond acceptors (Lipinski definition) is 12. The van der Waals surface area contributed by atoms with Crippen molar-refractivity contribution in [1.82, 2.24) is 34.6 Å². The van der Waals surface area contributed by atoms with Crippen molar-refractivity contribution >= 4 is 23.5 Å². The van der Waals surface area contributed by atoms with Crippen LogP contribution in [0.5, 0.6) is 0 Å². The number of aliphatic hydroxyl groups excluding tert-OH is 2. The van der Waals surface area contributed by atoms with E-state index in [2.05, 4.69) is 83.1 Å². The first-order valence-electron chi connectivity index (χ1n) is 15.1. The lowest BCUT2D eigenvalue weighted by Gasteiger charge is -2.37. The van der Waals surface area contributed by atoms with Crippen LogP contribution in [0.25, 0.3) is 0 Å². The van der Waals surface area contributed by atoms with E-state index >= 15 is 0 Å². The predicted molar refractivity (Wildman–Crippen MR) is 165 cm³/mol. The molecule has 12 heteroatoms. The van der Waals surface area contributed by atoms with Gasteiger partial charge in [-0.2, -0.15) is 15.0 Å². The van der Waals surface area contributed by atoms with Crippen LogP contribution in [-0.2, 0) is 6.42 Å². The zero-order valence-corrected chi connectivity index (χ0v) is 25.0. The first-order valence-corrected chi connectivity index (χ1v) is 15.1. The monoisotopic (exact) mass is 570 g/mol. The molecule has 1 aromatic heterocycles. The summed E-state index contributed by atoms with van der Waals surface area (Å²) in [5, 5.41) is 22.8. The van der Waals surface area contributed by atoms with E-state index in [1.165, 1.54) is 12.0 Å². The largest absolute Gasteiger partial charge is 0.395 e. The third-order valence-electron chi connectivity index (χ3n) is 8.17. The lowest BCUT2D eigenvalue weighted by molar-refractivity contribution is 0.0892. The summed E-state index contributed by atoms with van der Waals surface area (Å²) in [5.41, 5.74) is 8.15. The average Bonchev–Trinajstić information content (AvgIpc) is 2.97. The van der Waals surface area contributed by atoms with E-state index in [1.807, 2.05) is 0 Å². The lowest BCUT2D eigenvalue weighted by atomic mass is 10.0. The summed E-state index contributed by atoms with van der Waals surface area (Å²) >= 11 is 0. The molecule has 4 rings (SSSR count). The molecule has 0 saturated carbocycles. The van der Waals surface area contributed by atoms with Crippen LogP contribution in [0.3, 0.4) is 0 Å². The molecule has 1 atom stereocenters. The summed E-state index contributed by atoms with van der Waals surface area (Å²) in [6, 6.07) is 8.67. The number of rotatable bonds is 9. The summed E-state index contributed by atoms with van der Waals surface area (Å²) in [5.74, 6) is 1.31. The molecule has 0 aliphatic carbocycles. The average molecular weight is 571 g/mol. The Balaban J connectivity index is 1.44. The van der Waals surface area contributed by atoms with Crippen LogP contribution in [0.2, 0.25) is 0 Å². The fraction of sp³-hybridized carbons (Fsp3) is 0.690. The van der Waals surface area contributed by atoms with Gasteiger partial charge in [-0.05, 0) is 57.5 Å². The Morgan fingerprint density at radius 3 is 2.22 bits per heavy atom. The Hall–Kier alpha value is -2.61. The predicted octanol–water partition coefficient (Wildman–Crippen LogP) is 0.565. The molecule has 12 nitrogen and oxygen atoms in total. The fourth-order valence-electron chi connectivity index (χ4n) is 5.67. The van der Waals surface area contributed by atoms with Gasteiger partial charge < -0.3 is 36.0 Å². The smallest absolute Gasteiger partial charge is 0.233 e. The Bertz CT molecular complexity index is 1040. The minimum Gasteiger partial charge on any atom is -0.395 e. The van der Waals surface area contributed by atoms with Gasteiger partial charge in [0.05, 0.1) is 13.2 Å². The number of benzene rings is 1. The van der Waals surface area contributed by atoms with Crippen molar-refractivity contribution in [3.05, 3.63) is 29.8 Å². The van der Waals surface area contributed by atoms with Crippen molar-refractivity contribution in [3.8, 4) is 0 Å². The maximum atomic E-state index is 9.91.